The van der Waals surface area contributed by atoms with Crippen molar-refractivity contribution in [3.63, 3.8) is 0 Å². The SMILES string of the molecule is Cc1cc(-c2[nH]c3ccc(C(C)C(=O)N4CCCC5(CCCCC5N)C4)cc3c2C(C)C)ccn1. The van der Waals surface area contributed by atoms with Gasteiger partial charge in [0.05, 0.1) is 11.6 Å². The highest BCUT2D eigenvalue weighted by molar-refractivity contribution is 5.93. The molecule has 0 radical (unpaired) electrons. The van der Waals surface area contributed by atoms with E-state index in [9.17, 15) is 4.79 Å². The van der Waals surface area contributed by atoms with E-state index < -0.39 is 0 Å². The molecule has 1 saturated carbocycles. The minimum Gasteiger partial charge on any atom is -0.354 e. The Labute approximate surface area is 209 Å². The summed E-state index contributed by atoms with van der Waals surface area (Å²) in [7, 11) is 0. The van der Waals surface area contributed by atoms with Gasteiger partial charge in [0.2, 0.25) is 5.91 Å². The number of likely N-dealkylation sites (tertiary alicyclic amines) is 1. The van der Waals surface area contributed by atoms with Gasteiger partial charge in [0.25, 0.3) is 0 Å². The molecule has 1 aliphatic carbocycles. The van der Waals surface area contributed by atoms with E-state index in [1.807, 2.05) is 13.1 Å². The van der Waals surface area contributed by atoms with E-state index in [2.05, 4.69) is 66.0 Å². The number of aromatic nitrogens is 2. The second-order valence-electron chi connectivity index (χ2n) is 11.4. The first-order chi connectivity index (χ1) is 16.8. The predicted molar refractivity (Wildman–Crippen MR) is 143 cm³/mol. The minimum absolute atomic E-state index is 0.124. The van der Waals surface area contributed by atoms with Crippen LogP contribution < -0.4 is 5.73 Å². The van der Waals surface area contributed by atoms with Crippen LogP contribution in [0.4, 0.5) is 0 Å². The van der Waals surface area contributed by atoms with Crippen molar-refractivity contribution in [2.75, 3.05) is 13.1 Å². The van der Waals surface area contributed by atoms with E-state index in [-0.39, 0.29) is 23.3 Å². The van der Waals surface area contributed by atoms with Gasteiger partial charge in [0.15, 0.2) is 0 Å². The number of nitrogens with two attached hydrogens (primary N) is 1. The maximum atomic E-state index is 13.7. The van der Waals surface area contributed by atoms with E-state index in [1.165, 1.54) is 23.8 Å². The van der Waals surface area contributed by atoms with Crippen LogP contribution in [0.5, 0.6) is 0 Å². The molecule has 1 spiro atoms. The molecule has 5 heteroatoms. The van der Waals surface area contributed by atoms with Gasteiger partial charge in [-0.2, -0.15) is 0 Å². The van der Waals surface area contributed by atoms with Crippen molar-refractivity contribution in [3.05, 3.63) is 53.3 Å². The highest BCUT2D eigenvalue weighted by atomic mass is 16.2. The van der Waals surface area contributed by atoms with Gasteiger partial charge in [-0.25, -0.2) is 0 Å². The number of H-pyrrole nitrogens is 1. The van der Waals surface area contributed by atoms with Crippen LogP contribution in [0.1, 0.15) is 88.0 Å². The van der Waals surface area contributed by atoms with Crippen molar-refractivity contribution in [1.29, 1.82) is 0 Å². The molecule has 3 atom stereocenters. The number of nitrogens with one attached hydrogen (secondary N) is 1. The third kappa shape index (κ3) is 4.40. The lowest BCUT2D eigenvalue weighted by atomic mass is 9.66. The van der Waals surface area contributed by atoms with Gasteiger partial charge >= 0.3 is 0 Å². The summed E-state index contributed by atoms with van der Waals surface area (Å²) < 4.78 is 0. The number of aryl methyl sites for hydroxylation is 1. The Morgan fingerprint density at radius 1 is 1.14 bits per heavy atom. The normalized spacial score (nSPS) is 23.8. The van der Waals surface area contributed by atoms with Crippen molar-refractivity contribution in [2.24, 2.45) is 11.1 Å². The van der Waals surface area contributed by atoms with Crippen molar-refractivity contribution in [2.45, 2.75) is 84.1 Å². The molecule has 3 unspecified atom stereocenters. The fraction of sp³-hybridized carbons (Fsp3) is 0.533. The highest BCUT2D eigenvalue weighted by Crippen LogP contribution is 2.43. The summed E-state index contributed by atoms with van der Waals surface area (Å²) in [4.78, 5) is 23.9. The van der Waals surface area contributed by atoms with Crippen molar-refractivity contribution in [3.8, 4) is 11.3 Å². The van der Waals surface area contributed by atoms with Gasteiger partial charge in [0, 0.05) is 52.9 Å². The van der Waals surface area contributed by atoms with Crippen LogP contribution in [0.2, 0.25) is 0 Å². The van der Waals surface area contributed by atoms with Crippen molar-refractivity contribution in [1.82, 2.24) is 14.9 Å². The number of aromatic amines is 1. The Hall–Kier alpha value is -2.66. The number of carbonyl (C=O) groups is 1. The highest BCUT2D eigenvalue weighted by Gasteiger charge is 2.43. The van der Waals surface area contributed by atoms with Gasteiger partial charge in [-0.15, -0.1) is 0 Å². The van der Waals surface area contributed by atoms with E-state index in [0.29, 0.717) is 5.92 Å². The first-order valence-corrected chi connectivity index (χ1v) is 13.4. The second kappa shape index (κ2) is 9.42. The largest absolute Gasteiger partial charge is 0.354 e. The summed E-state index contributed by atoms with van der Waals surface area (Å²) >= 11 is 0. The van der Waals surface area contributed by atoms with Gasteiger partial charge in [-0.3, -0.25) is 9.78 Å². The van der Waals surface area contributed by atoms with Crippen molar-refractivity contribution >= 4 is 16.8 Å². The van der Waals surface area contributed by atoms with Crippen LogP contribution in [-0.2, 0) is 4.79 Å². The Morgan fingerprint density at radius 2 is 1.94 bits per heavy atom. The average molecular weight is 473 g/mol. The zero-order valence-corrected chi connectivity index (χ0v) is 21.7. The molecule has 1 aromatic carbocycles. The van der Waals surface area contributed by atoms with Gasteiger partial charge in [-0.05, 0) is 80.8 Å². The molecule has 2 aromatic heterocycles. The maximum Gasteiger partial charge on any atom is 0.229 e. The quantitative estimate of drug-likeness (QED) is 0.469. The molecule has 1 saturated heterocycles. The number of benzene rings is 1. The van der Waals surface area contributed by atoms with Crippen LogP contribution in [-0.4, -0.2) is 39.9 Å². The molecule has 35 heavy (non-hydrogen) atoms. The molecule has 1 aliphatic heterocycles. The zero-order chi connectivity index (χ0) is 24.7. The Balaban J connectivity index is 1.45. The van der Waals surface area contributed by atoms with Crippen LogP contribution in [0, 0.1) is 12.3 Å². The summed E-state index contributed by atoms with van der Waals surface area (Å²) in [6.45, 7) is 10.3. The fourth-order valence-electron chi connectivity index (χ4n) is 6.63. The lowest BCUT2D eigenvalue weighted by Gasteiger charge is -2.49. The van der Waals surface area contributed by atoms with Gasteiger partial charge in [0.1, 0.15) is 0 Å². The van der Waals surface area contributed by atoms with Gasteiger partial charge < -0.3 is 15.6 Å². The maximum absolute atomic E-state index is 13.7. The topological polar surface area (TPSA) is 75.0 Å². The number of amides is 1. The third-order valence-electron chi connectivity index (χ3n) is 8.64. The van der Waals surface area contributed by atoms with E-state index in [1.54, 1.807) is 0 Å². The van der Waals surface area contributed by atoms with Crippen LogP contribution in [0.3, 0.4) is 0 Å². The molecule has 2 fully saturated rings. The van der Waals surface area contributed by atoms with E-state index in [4.69, 9.17) is 5.73 Å². The summed E-state index contributed by atoms with van der Waals surface area (Å²) in [6, 6.07) is 10.9. The van der Waals surface area contributed by atoms with E-state index >= 15 is 0 Å². The number of rotatable bonds is 4. The number of piperidine rings is 1. The molecule has 0 bridgehead atoms. The molecular formula is C30H40N4O. The van der Waals surface area contributed by atoms with Crippen LogP contribution in [0.15, 0.2) is 36.5 Å². The number of carbonyl (C=O) groups excluding carboxylic acids is 1. The van der Waals surface area contributed by atoms with Crippen molar-refractivity contribution < 1.29 is 4.79 Å². The number of fused-ring (bicyclic) bond motifs is 1. The number of nitrogens with zero attached hydrogens (tertiary/aromatic N) is 2. The number of hydrogen-bond donors (Lipinski definition) is 2. The first-order valence-electron chi connectivity index (χ1n) is 13.4. The molecule has 5 nitrogen and oxygen atoms in total. The molecule has 1 amide bonds. The Bertz CT molecular complexity index is 1220. The Kier molecular flexibility index (Phi) is 6.47. The zero-order valence-electron chi connectivity index (χ0n) is 21.7. The summed E-state index contributed by atoms with van der Waals surface area (Å²) in [6.07, 6.45) is 8.83. The van der Waals surface area contributed by atoms with Gasteiger partial charge in [-0.1, -0.05) is 32.8 Å². The lowest BCUT2D eigenvalue weighted by Crippen LogP contribution is -2.56. The molecule has 3 heterocycles. The van der Waals surface area contributed by atoms with Crippen LogP contribution in [0.25, 0.3) is 22.2 Å². The number of pyridine rings is 1. The number of hydrogen-bond acceptors (Lipinski definition) is 3. The van der Waals surface area contributed by atoms with E-state index in [0.717, 1.165) is 66.8 Å². The molecule has 5 rings (SSSR count). The molecule has 186 valence electrons. The standard InChI is InChI=1S/C30H40N4O/c1-19(2)27-24-17-22(9-10-25(24)33-28(27)23-11-14-32-20(3)16-23)21(4)29(35)34-15-7-13-30(18-34)12-6-5-8-26(30)31/h9-11,14,16-17,19,21,26,33H,5-8,12-13,15,18,31H2,1-4H3. The lowest BCUT2D eigenvalue weighted by molar-refractivity contribution is -0.137. The molecule has 2 aliphatic rings. The second-order valence-corrected chi connectivity index (χ2v) is 11.4. The summed E-state index contributed by atoms with van der Waals surface area (Å²) in [5.41, 5.74) is 13.6. The fourth-order valence-corrected chi connectivity index (χ4v) is 6.63. The smallest absolute Gasteiger partial charge is 0.229 e. The summed E-state index contributed by atoms with van der Waals surface area (Å²) in [5, 5.41) is 1.21. The van der Waals surface area contributed by atoms with Crippen LogP contribution >= 0.6 is 0 Å². The summed E-state index contributed by atoms with van der Waals surface area (Å²) in [5.74, 6) is 0.423. The minimum atomic E-state index is -0.170. The third-order valence-corrected chi connectivity index (χ3v) is 8.64. The molecular weight excluding hydrogens is 432 g/mol. The molecule has 3 N–H and O–H groups in total. The predicted octanol–water partition coefficient (Wildman–Crippen LogP) is 6.28. The first kappa shape index (κ1) is 24.1. The molecule has 3 aromatic rings. The average Bonchev–Trinajstić information content (AvgIpc) is 3.24. The Morgan fingerprint density at radius 3 is 2.69 bits per heavy atom. The monoisotopic (exact) mass is 472 g/mol.